The van der Waals surface area contributed by atoms with E-state index in [0.717, 1.165) is 23.4 Å². The summed E-state index contributed by atoms with van der Waals surface area (Å²) in [7, 11) is -3.94. The first-order chi connectivity index (χ1) is 23.7. The second kappa shape index (κ2) is 15.0. The lowest BCUT2D eigenvalue weighted by molar-refractivity contribution is -0.124. The molecular weight excluding hydrogens is 658 g/mol. The molecule has 3 N–H and O–H groups in total. The molecule has 2 heterocycles. The van der Waals surface area contributed by atoms with Crippen LogP contribution in [0.3, 0.4) is 0 Å². The van der Waals surface area contributed by atoms with Crippen LogP contribution in [0.2, 0.25) is 0 Å². The zero-order chi connectivity index (χ0) is 36.2. The number of para-hydroxylation sites is 1. The average Bonchev–Trinajstić information content (AvgIpc) is 3.84. The van der Waals surface area contributed by atoms with Crippen molar-refractivity contribution in [1.82, 2.24) is 16.0 Å². The Morgan fingerprint density at radius 3 is 2.12 bits per heavy atom. The Bertz CT molecular complexity index is 2010. The number of amides is 3. The minimum atomic E-state index is -3.94. The van der Waals surface area contributed by atoms with Gasteiger partial charge in [0.25, 0.3) is 5.91 Å². The van der Waals surface area contributed by atoms with Crippen LogP contribution in [0.4, 0.5) is 0 Å². The van der Waals surface area contributed by atoms with Gasteiger partial charge < -0.3 is 25.1 Å². The Morgan fingerprint density at radius 1 is 0.860 bits per heavy atom. The number of fused-ring (bicyclic) bond motifs is 1. The van der Waals surface area contributed by atoms with Crippen molar-refractivity contribution < 1.29 is 32.0 Å². The van der Waals surface area contributed by atoms with Gasteiger partial charge in [0.05, 0.1) is 34.7 Å². The lowest BCUT2D eigenvalue weighted by Crippen LogP contribution is -2.62. The van der Waals surface area contributed by atoms with Crippen molar-refractivity contribution in [3.8, 4) is 0 Å². The lowest BCUT2D eigenvalue weighted by atomic mass is 9.95. The molecular formula is C38H43N3O8S. The summed E-state index contributed by atoms with van der Waals surface area (Å²) >= 11 is 0. The Labute approximate surface area is 291 Å². The third-order valence-corrected chi connectivity index (χ3v) is 11.4. The van der Waals surface area contributed by atoms with Crippen LogP contribution in [-0.4, -0.2) is 61.4 Å². The predicted molar refractivity (Wildman–Crippen MR) is 190 cm³/mol. The number of benzene rings is 3. The van der Waals surface area contributed by atoms with E-state index in [0.29, 0.717) is 6.42 Å². The molecule has 12 heteroatoms. The SMILES string of the molecule is CC(C)[C@@H](NC(=O)C[C@@H]1O[C@@H]1[C@H](Cc1ccccc1)NC(=O)[C@@H](NC(=O)c1cc(=O)c2ccccc2o1)C(C)(C)S(C)(=O)=O)c1ccccc1. The van der Waals surface area contributed by atoms with Gasteiger partial charge in [-0.1, -0.05) is 86.6 Å². The van der Waals surface area contributed by atoms with Gasteiger partial charge in [0.2, 0.25) is 11.8 Å². The van der Waals surface area contributed by atoms with Crippen LogP contribution in [0.15, 0.2) is 100 Å². The fraction of sp³-hybridized carbons (Fsp3) is 0.368. The largest absolute Gasteiger partial charge is 0.451 e. The smallest absolute Gasteiger partial charge is 0.287 e. The van der Waals surface area contributed by atoms with E-state index in [4.69, 9.17) is 9.15 Å². The second-order valence-electron chi connectivity index (χ2n) is 13.6. The maximum Gasteiger partial charge on any atom is 0.287 e. The Kier molecular flexibility index (Phi) is 10.9. The number of rotatable bonds is 14. The van der Waals surface area contributed by atoms with Gasteiger partial charge in [-0.05, 0) is 49.4 Å². The summed E-state index contributed by atoms with van der Waals surface area (Å²) < 4.78 is 35.9. The van der Waals surface area contributed by atoms with Crippen molar-refractivity contribution >= 4 is 38.5 Å². The van der Waals surface area contributed by atoms with E-state index in [-0.39, 0.29) is 41.0 Å². The van der Waals surface area contributed by atoms with Crippen LogP contribution in [-0.2, 0) is 30.6 Å². The number of hydrogen-bond acceptors (Lipinski definition) is 8. The highest BCUT2D eigenvalue weighted by molar-refractivity contribution is 7.92. The molecule has 4 aromatic rings. The third-order valence-electron chi connectivity index (χ3n) is 9.22. The predicted octanol–water partition coefficient (Wildman–Crippen LogP) is 4.11. The summed E-state index contributed by atoms with van der Waals surface area (Å²) in [6.07, 6.45) is 0.284. The molecule has 264 valence electrons. The number of hydrogen-bond donors (Lipinski definition) is 3. The molecule has 0 radical (unpaired) electrons. The van der Waals surface area contributed by atoms with Gasteiger partial charge >= 0.3 is 0 Å². The molecule has 1 aliphatic rings. The molecule has 0 bridgehead atoms. The minimum absolute atomic E-state index is 0.0534. The van der Waals surface area contributed by atoms with Crippen molar-refractivity contribution in [2.24, 2.45) is 5.92 Å². The number of sulfone groups is 1. The normalized spacial score (nSPS) is 17.8. The lowest BCUT2D eigenvalue weighted by Gasteiger charge is -2.33. The standard InChI is InChI=1S/C38H43N3O8S/c1-23(2)33(25-16-10-7-11-17-25)40-32(43)22-30-34(49-30)27(20-24-14-8-6-9-15-24)39-37(45)35(38(3,4)50(5,46)47)41-36(44)31-21-28(42)26-18-12-13-19-29(26)48-31/h6-19,21,23,27,30,33-35H,20,22H2,1-5H3,(H,39,45)(H,40,43)(H,41,44)/t27-,30-,33+,34+,35+/m0/s1. The number of nitrogens with one attached hydrogen (secondary N) is 3. The number of carbonyl (C=O) groups excluding carboxylic acids is 3. The Balaban J connectivity index is 1.36. The molecule has 1 aliphatic heterocycles. The van der Waals surface area contributed by atoms with Crippen LogP contribution >= 0.6 is 0 Å². The average molecular weight is 702 g/mol. The van der Waals surface area contributed by atoms with Crippen LogP contribution in [0.1, 0.15) is 61.8 Å². The summed E-state index contributed by atoms with van der Waals surface area (Å²) in [5, 5.41) is 8.83. The highest BCUT2D eigenvalue weighted by Gasteiger charge is 2.50. The van der Waals surface area contributed by atoms with E-state index in [1.807, 2.05) is 74.5 Å². The van der Waals surface area contributed by atoms with Crippen molar-refractivity contribution in [2.75, 3.05) is 6.26 Å². The quantitative estimate of drug-likeness (QED) is 0.165. The summed E-state index contributed by atoms with van der Waals surface area (Å²) in [6.45, 7) is 6.74. The fourth-order valence-electron chi connectivity index (χ4n) is 5.96. The molecule has 11 nitrogen and oxygen atoms in total. The fourth-order valence-corrected chi connectivity index (χ4v) is 6.55. The maximum absolute atomic E-state index is 14.1. The molecule has 5 atom stereocenters. The zero-order valence-electron chi connectivity index (χ0n) is 28.7. The topological polar surface area (TPSA) is 164 Å². The van der Waals surface area contributed by atoms with Crippen LogP contribution in [0, 0.1) is 5.92 Å². The monoisotopic (exact) mass is 701 g/mol. The second-order valence-corrected chi connectivity index (χ2v) is 16.2. The van der Waals surface area contributed by atoms with Gasteiger partial charge in [-0.2, -0.15) is 0 Å². The van der Waals surface area contributed by atoms with E-state index in [1.54, 1.807) is 18.2 Å². The van der Waals surface area contributed by atoms with Gasteiger partial charge in [-0.25, -0.2) is 8.42 Å². The minimum Gasteiger partial charge on any atom is -0.451 e. The number of epoxide rings is 1. The molecule has 0 saturated carbocycles. The van der Waals surface area contributed by atoms with Gasteiger partial charge in [0, 0.05) is 12.3 Å². The number of ether oxygens (including phenoxy) is 1. The highest BCUT2D eigenvalue weighted by atomic mass is 32.2. The first-order valence-corrected chi connectivity index (χ1v) is 18.4. The van der Waals surface area contributed by atoms with E-state index in [1.165, 1.54) is 19.9 Å². The molecule has 1 saturated heterocycles. The summed E-state index contributed by atoms with van der Waals surface area (Å²) in [6, 6.07) is 24.0. The van der Waals surface area contributed by atoms with Gasteiger partial charge in [-0.3, -0.25) is 19.2 Å². The van der Waals surface area contributed by atoms with Crippen LogP contribution in [0.25, 0.3) is 11.0 Å². The Hall–Kier alpha value is -4.81. The molecule has 0 unspecified atom stereocenters. The van der Waals surface area contributed by atoms with Crippen molar-refractivity contribution in [2.45, 2.75) is 75.6 Å². The number of carbonyl (C=O) groups is 3. The summed E-state index contributed by atoms with van der Waals surface area (Å²) in [5.74, 6) is -2.15. The van der Waals surface area contributed by atoms with Gasteiger partial charge in [0.15, 0.2) is 21.0 Å². The van der Waals surface area contributed by atoms with Crippen molar-refractivity contribution in [3.05, 3.63) is 118 Å². The van der Waals surface area contributed by atoms with E-state index < -0.39 is 56.1 Å². The van der Waals surface area contributed by atoms with E-state index in [2.05, 4.69) is 16.0 Å². The Morgan fingerprint density at radius 2 is 1.48 bits per heavy atom. The van der Waals surface area contributed by atoms with Gasteiger partial charge in [-0.15, -0.1) is 0 Å². The summed E-state index contributed by atoms with van der Waals surface area (Å²) in [5.41, 5.74) is 1.57. The summed E-state index contributed by atoms with van der Waals surface area (Å²) in [4.78, 5) is 53.5. The highest BCUT2D eigenvalue weighted by Crippen LogP contribution is 2.32. The molecule has 1 fully saturated rings. The van der Waals surface area contributed by atoms with Gasteiger partial charge in [0.1, 0.15) is 17.7 Å². The molecule has 3 aromatic carbocycles. The zero-order valence-corrected chi connectivity index (χ0v) is 29.5. The van der Waals surface area contributed by atoms with Crippen LogP contribution < -0.4 is 21.4 Å². The first kappa shape index (κ1) is 36.5. The molecule has 0 aliphatic carbocycles. The molecule has 0 spiro atoms. The molecule has 5 rings (SSSR count). The van der Waals surface area contributed by atoms with E-state index >= 15 is 0 Å². The van der Waals surface area contributed by atoms with E-state index in [9.17, 15) is 27.6 Å². The molecule has 1 aromatic heterocycles. The molecule has 3 amide bonds. The third kappa shape index (κ3) is 8.48. The van der Waals surface area contributed by atoms with Crippen LogP contribution in [0.5, 0.6) is 0 Å². The van der Waals surface area contributed by atoms with Crippen molar-refractivity contribution in [1.29, 1.82) is 0 Å². The maximum atomic E-state index is 14.1. The van der Waals surface area contributed by atoms with Crippen molar-refractivity contribution in [3.63, 3.8) is 0 Å². The molecule has 50 heavy (non-hydrogen) atoms. The first-order valence-electron chi connectivity index (χ1n) is 16.5.